The van der Waals surface area contributed by atoms with Crippen LogP contribution < -0.4 is 19.7 Å². The molecule has 0 spiro atoms. The highest BCUT2D eigenvalue weighted by molar-refractivity contribution is 6.00. The summed E-state index contributed by atoms with van der Waals surface area (Å²) in [4.78, 5) is 20.6. The number of rotatable bonds is 11. The van der Waals surface area contributed by atoms with E-state index in [0.29, 0.717) is 18.2 Å². The van der Waals surface area contributed by atoms with E-state index in [4.69, 9.17) is 9.47 Å². The molecule has 0 aliphatic heterocycles. The van der Waals surface area contributed by atoms with Gasteiger partial charge in [-0.25, -0.2) is 4.79 Å². The van der Waals surface area contributed by atoms with Crippen LogP contribution in [0.2, 0.25) is 0 Å². The molecule has 1 heterocycles. The lowest BCUT2D eigenvalue weighted by molar-refractivity contribution is -0.154. The van der Waals surface area contributed by atoms with Crippen LogP contribution in [0.3, 0.4) is 0 Å². The first-order valence-corrected chi connectivity index (χ1v) is 10.2. The van der Waals surface area contributed by atoms with E-state index >= 15 is 0 Å². The Kier molecular flexibility index (Phi) is 10.3. The molecule has 2 rings (SSSR count). The fourth-order valence-corrected chi connectivity index (χ4v) is 2.46. The largest absolute Gasteiger partial charge is 0.468 e. The van der Waals surface area contributed by atoms with E-state index < -0.39 is 67.8 Å². The summed E-state index contributed by atoms with van der Waals surface area (Å²) in [6.07, 6.45) is -14.3. The predicted octanol–water partition coefficient (Wildman–Crippen LogP) is 5.04. The van der Waals surface area contributed by atoms with Crippen molar-refractivity contribution >= 4 is 17.7 Å². The Balaban J connectivity index is 2.32. The molecule has 0 saturated heterocycles. The van der Waals surface area contributed by atoms with Crippen LogP contribution in [0.25, 0.3) is 0 Å². The van der Waals surface area contributed by atoms with Crippen LogP contribution in [0.15, 0.2) is 30.3 Å². The first-order chi connectivity index (χ1) is 17.6. The number of alkyl halides is 9. The normalized spacial score (nSPS) is 12.3. The molecule has 0 bridgehead atoms. The lowest BCUT2D eigenvalue weighted by Gasteiger charge is -2.23. The molecule has 0 aliphatic rings. The van der Waals surface area contributed by atoms with Crippen LogP contribution in [-0.4, -0.2) is 68.6 Å². The second-order valence-corrected chi connectivity index (χ2v) is 7.11. The van der Waals surface area contributed by atoms with Gasteiger partial charge in [-0.1, -0.05) is 0 Å². The number of anilines is 2. The Morgan fingerprint density at radius 3 is 1.84 bits per heavy atom. The number of halogens is 9. The zero-order valence-corrected chi connectivity index (χ0v) is 19.2. The van der Waals surface area contributed by atoms with Gasteiger partial charge in [0.1, 0.15) is 6.73 Å². The number of aromatic nitrogens is 2. The maximum atomic E-state index is 12.9. The Hall–Kier alpha value is -3.54. The number of hydrogen-bond acceptors (Lipinski definition) is 7. The van der Waals surface area contributed by atoms with Gasteiger partial charge in [-0.05, 0) is 24.3 Å². The maximum Gasteiger partial charge on any atom is 0.422 e. The topological polar surface area (TPSA) is 95.0 Å². The van der Waals surface area contributed by atoms with Crippen molar-refractivity contribution < 1.29 is 63.3 Å². The minimum absolute atomic E-state index is 0.0480. The number of ether oxygens (including phenoxy) is 4. The monoisotopic (exact) mass is 566 g/mol. The highest BCUT2D eigenvalue weighted by atomic mass is 19.4. The number of nitrogens with one attached hydrogen (secondary N) is 1. The van der Waals surface area contributed by atoms with E-state index in [9.17, 15) is 44.3 Å². The quantitative estimate of drug-likeness (QED) is 0.232. The molecule has 212 valence electrons. The molecule has 2 aromatic rings. The molecule has 2 amide bonds. The van der Waals surface area contributed by atoms with E-state index in [1.165, 1.54) is 7.11 Å². The van der Waals surface area contributed by atoms with E-state index in [2.05, 4.69) is 19.4 Å². The van der Waals surface area contributed by atoms with Crippen LogP contribution in [0.4, 0.5) is 55.9 Å². The third kappa shape index (κ3) is 10.8. The first-order valence-electron chi connectivity index (χ1n) is 10.2. The molecule has 18 heteroatoms. The number of hydrogen-bond donors (Lipinski definition) is 1. The summed E-state index contributed by atoms with van der Waals surface area (Å²) in [5, 5.41) is 2.01. The number of amides is 2. The number of carbonyl (C=O) groups is 1. The van der Waals surface area contributed by atoms with Crippen molar-refractivity contribution in [3.8, 4) is 11.8 Å². The summed E-state index contributed by atoms with van der Waals surface area (Å²) in [7, 11) is 1.35. The zero-order valence-electron chi connectivity index (χ0n) is 19.2. The lowest BCUT2D eigenvalue weighted by Crippen LogP contribution is -2.37. The molecule has 1 aromatic heterocycles. The van der Waals surface area contributed by atoms with Gasteiger partial charge in [0, 0.05) is 12.8 Å². The molecule has 38 heavy (non-hydrogen) atoms. The SMILES string of the molecule is COCCOCN(C(=O)Nc1nc(OCC(F)(F)F)cc(OCC(F)(F)F)n1)c1ccc(C(F)(F)F)cc1. The second-order valence-electron chi connectivity index (χ2n) is 7.11. The van der Waals surface area contributed by atoms with Crippen LogP contribution in [0.5, 0.6) is 11.8 Å². The predicted molar refractivity (Wildman–Crippen MR) is 111 cm³/mol. The summed E-state index contributed by atoms with van der Waals surface area (Å²) in [6, 6.07) is 2.59. The smallest absolute Gasteiger partial charge is 0.422 e. The molecule has 0 unspecified atom stereocenters. The molecule has 0 saturated carbocycles. The minimum atomic E-state index is -4.83. The van der Waals surface area contributed by atoms with Gasteiger partial charge in [-0.3, -0.25) is 10.2 Å². The maximum absolute atomic E-state index is 12.9. The van der Waals surface area contributed by atoms with Gasteiger partial charge in [0.2, 0.25) is 17.7 Å². The van der Waals surface area contributed by atoms with E-state index in [1.54, 1.807) is 0 Å². The highest BCUT2D eigenvalue weighted by Crippen LogP contribution is 2.31. The number of methoxy groups -OCH3 is 1. The standard InChI is InChI=1S/C20H19F9N4O5/c1-35-6-7-36-11-33(13-4-2-12(3-5-13)20(27,28)29)17(34)32-16-30-14(37-9-18(21,22)23)8-15(31-16)38-10-19(24,25)26/h2-5,8H,6-7,9-11H2,1H3,(H,30,31,32,34). The molecular formula is C20H19F9N4O5. The summed E-state index contributed by atoms with van der Waals surface area (Å²) in [5.41, 5.74) is -1.14. The van der Waals surface area contributed by atoms with Crippen LogP contribution in [-0.2, 0) is 15.7 Å². The molecule has 9 nitrogen and oxygen atoms in total. The van der Waals surface area contributed by atoms with Crippen molar-refractivity contribution in [1.82, 2.24) is 9.97 Å². The Bertz CT molecular complexity index is 1010. The van der Waals surface area contributed by atoms with E-state index in [-0.39, 0.29) is 18.9 Å². The summed E-state index contributed by atoms with van der Waals surface area (Å²) >= 11 is 0. The average Bonchev–Trinajstić information content (AvgIpc) is 2.80. The van der Waals surface area contributed by atoms with Crippen molar-refractivity contribution in [2.45, 2.75) is 18.5 Å². The van der Waals surface area contributed by atoms with Crippen LogP contribution in [0.1, 0.15) is 5.56 Å². The third-order valence-electron chi connectivity index (χ3n) is 4.07. The van der Waals surface area contributed by atoms with Crippen LogP contribution >= 0.6 is 0 Å². The molecule has 1 aromatic carbocycles. The zero-order chi connectivity index (χ0) is 28.6. The van der Waals surface area contributed by atoms with Crippen molar-refractivity contribution in [3.05, 3.63) is 35.9 Å². The van der Waals surface area contributed by atoms with Crippen molar-refractivity contribution in [1.29, 1.82) is 0 Å². The van der Waals surface area contributed by atoms with Gasteiger partial charge in [-0.15, -0.1) is 0 Å². The molecule has 1 N–H and O–H groups in total. The van der Waals surface area contributed by atoms with Crippen molar-refractivity contribution in [2.75, 3.05) is 50.5 Å². The van der Waals surface area contributed by atoms with Crippen molar-refractivity contribution in [3.63, 3.8) is 0 Å². The van der Waals surface area contributed by atoms with Gasteiger partial charge in [-0.2, -0.15) is 49.5 Å². The fourth-order valence-electron chi connectivity index (χ4n) is 2.46. The molecule has 0 aliphatic carbocycles. The minimum Gasteiger partial charge on any atom is -0.468 e. The summed E-state index contributed by atoms with van der Waals surface area (Å²) in [6.45, 7) is -4.26. The van der Waals surface area contributed by atoms with Gasteiger partial charge in [0.25, 0.3) is 0 Å². The number of carbonyl (C=O) groups excluding carboxylic acids is 1. The number of nitrogens with zero attached hydrogens (tertiary/aromatic N) is 3. The molecule has 0 radical (unpaired) electrons. The van der Waals surface area contributed by atoms with Crippen LogP contribution in [0, 0.1) is 0 Å². The number of urea groups is 1. The second kappa shape index (κ2) is 12.8. The fraction of sp³-hybridized carbons (Fsp3) is 0.450. The number of benzene rings is 1. The first kappa shape index (κ1) is 30.7. The van der Waals surface area contributed by atoms with E-state index in [0.717, 1.165) is 17.0 Å². The van der Waals surface area contributed by atoms with Gasteiger partial charge in [0.15, 0.2) is 13.2 Å². The van der Waals surface area contributed by atoms with Crippen molar-refractivity contribution in [2.24, 2.45) is 0 Å². The molecular weight excluding hydrogens is 547 g/mol. The van der Waals surface area contributed by atoms with E-state index in [1.807, 2.05) is 5.32 Å². The van der Waals surface area contributed by atoms with Gasteiger partial charge >= 0.3 is 24.6 Å². The highest BCUT2D eigenvalue weighted by Gasteiger charge is 2.32. The average molecular weight is 566 g/mol. The Labute approximate surface area is 208 Å². The summed E-state index contributed by atoms with van der Waals surface area (Å²) in [5.74, 6) is -2.61. The Morgan fingerprint density at radius 2 is 1.39 bits per heavy atom. The van der Waals surface area contributed by atoms with Gasteiger partial charge < -0.3 is 18.9 Å². The molecule has 0 fully saturated rings. The lowest BCUT2D eigenvalue weighted by atomic mass is 10.2. The van der Waals surface area contributed by atoms with Gasteiger partial charge in [0.05, 0.1) is 24.8 Å². The third-order valence-corrected chi connectivity index (χ3v) is 4.07. The summed E-state index contributed by atoms with van der Waals surface area (Å²) < 4.78 is 133. The Morgan fingerprint density at radius 1 is 0.868 bits per heavy atom. The molecule has 0 atom stereocenters.